The smallest absolute Gasteiger partial charge is 0.122 e. The van der Waals surface area contributed by atoms with Crippen molar-refractivity contribution < 1.29 is 0 Å². The summed E-state index contributed by atoms with van der Waals surface area (Å²) in [5.41, 5.74) is 0.633. The molecule has 3 fully saturated rings. The lowest BCUT2D eigenvalue weighted by molar-refractivity contribution is 0.181. The third-order valence-corrected chi connectivity index (χ3v) is 6.20. The van der Waals surface area contributed by atoms with E-state index in [0.717, 1.165) is 24.4 Å². The molecule has 3 aliphatic rings. The number of nitrogens with one attached hydrogen (secondary N) is 1. The molecular weight excluding hydrogens is 296 g/mol. The van der Waals surface area contributed by atoms with Crippen LogP contribution in [0.5, 0.6) is 0 Å². The predicted molar refractivity (Wildman–Crippen MR) is 91.1 cm³/mol. The minimum atomic E-state index is 0. The van der Waals surface area contributed by atoms with E-state index < -0.39 is 0 Å². The van der Waals surface area contributed by atoms with Crippen LogP contribution in [0.4, 0.5) is 0 Å². The summed E-state index contributed by atoms with van der Waals surface area (Å²) in [5, 5.41) is 3.52. The van der Waals surface area contributed by atoms with Crippen molar-refractivity contribution >= 4 is 12.4 Å². The number of aryl methyl sites for hydroxylation is 1. The number of halogens is 1. The van der Waals surface area contributed by atoms with E-state index in [9.17, 15) is 0 Å². The van der Waals surface area contributed by atoms with Gasteiger partial charge in [-0.25, -0.2) is 4.98 Å². The van der Waals surface area contributed by atoms with Crippen molar-refractivity contribution in [1.82, 2.24) is 19.8 Å². The first-order valence-corrected chi connectivity index (χ1v) is 8.59. The summed E-state index contributed by atoms with van der Waals surface area (Å²) in [7, 11) is 2.12. The van der Waals surface area contributed by atoms with Gasteiger partial charge in [0.05, 0.1) is 6.54 Å². The molecule has 2 saturated carbocycles. The maximum absolute atomic E-state index is 4.55. The van der Waals surface area contributed by atoms with Crippen molar-refractivity contribution in [1.29, 1.82) is 0 Å². The molecule has 0 bridgehead atoms. The Balaban J connectivity index is 0.00000144. The van der Waals surface area contributed by atoms with Crippen molar-refractivity contribution in [2.75, 3.05) is 19.6 Å². The van der Waals surface area contributed by atoms with Gasteiger partial charge in [-0.05, 0) is 56.0 Å². The average molecular weight is 325 g/mol. The molecular formula is C17H29ClN4. The van der Waals surface area contributed by atoms with E-state index in [1.807, 2.05) is 6.20 Å². The van der Waals surface area contributed by atoms with Crippen LogP contribution in [0.25, 0.3) is 0 Å². The van der Waals surface area contributed by atoms with Crippen LogP contribution in [0.1, 0.15) is 38.4 Å². The number of imidazole rings is 1. The summed E-state index contributed by atoms with van der Waals surface area (Å²) >= 11 is 0. The summed E-state index contributed by atoms with van der Waals surface area (Å²) < 4.78 is 2.18. The Labute approximate surface area is 140 Å². The van der Waals surface area contributed by atoms with Crippen LogP contribution in [0.3, 0.4) is 0 Å². The zero-order chi connectivity index (χ0) is 14.4. The van der Waals surface area contributed by atoms with Crippen LogP contribution in [0.15, 0.2) is 12.4 Å². The Morgan fingerprint density at radius 2 is 2.14 bits per heavy atom. The fourth-order valence-electron chi connectivity index (χ4n) is 4.29. The zero-order valence-corrected chi connectivity index (χ0v) is 14.6. The second-order valence-corrected chi connectivity index (χ2v) is 7.69. The number of hydrogen-bond donors (Lipinski definition) is 1. The molecule has 3 unspecified atom stereocenters. The van der Waals surface area contributed by atoms with Gasteiger partial charge in [-0.15, -0.1) is 12.4 Å². The van der Waals surface area contributed by atoms with Crippen molar-refractivity contribution in [2.24, 2.45) is 24.3 Å². The monoisotopic (exact) mass is 324 g/mol. The number of piperidine rings is 1. The predicted octanol–water partition coefficient (Wildman–Crippen LogP) is 2.44. The third kappa shape index (κ3) is 3.06. The van der Waals surface area contributed by atoms with Crippen molar-refractivity contribution in [2.45, 2.75) is 45.2 Å². The molecule has 1 saturated heterocycles. The topological polar surface area (TPSA) is 33.1 Å². The molecule has 22 heavy (non-hydrogen) atoms. The van der Waals surface area contributed by atoms with E-state index in [1.165, 1.54) is 51.1 Å². The van der Waals surface area contributed by atoms with Gasteiger partial charge in [-0.2, -0.15) is 0 Å². The van der Waals surface area contributed by atoms with E-state index in [4.69, 9.17) is 0 Å². The second-order valence-electron chi connectivity index (χ2n) is 7.69. The number of nitrogens with zero attached hydrogens (tertiary/aromatic N) is 3. The summed E-state index contributed by atoms with van der Waals surface area (Å²) in [4.78, 5) is 7.32. The third-order valence-electron chi connectivity index (χ3n) is 6.20. The summed E-state index contributed by atoms with van der Waals surface area (Å²) in [6, 6.07) is 0.809. The van der Waals surface area contributed by atoms with E-state index in [-0.39, 0.29) is 12.4 Å². The molecule has 3 atom stereocenters. The Bertz CT molecular complexity index is 509. The molecule has 1 aliphatic heterocycles. The van der Waals surface area contributed by atoms with Crippen molar-refractivity contribution in [3.63, 3.8) is 0 Å². The molecule has 2 heterocycles. The highest BCUT2D eigenvalue weighted by atomic mass is 35.5. The first kappa shape index (κ1) is 16.3. The standard InChI is InChI=1S/C17H28N4.ClH/c1-13-9-14(13)11-21(12-16-19-7-8-20(16)2)15-10-17(15)3-5-18-6-4-17;/h7-8,13-15,18H,3-6,9-12H2,1-2H3;1H. The molecule has 4 nitrogen and oxygen atoms in total. The summed E-state index contributed by atoms with van der Waals surface area (Å²) in [6.45, 7) is 7.15. The first-order valence-electron chi connectivity index (χ1n) is 8.59. The first-order chi connectivity index (χ1) is 10.2. The molecule has 1 aromatic heterocycles. The average Bonchev–Trinajstić information content (AvgIpc) is 3.31. The fraction of sp³-hybridized carbons (Fsp3) is 0.824. The van der Waals surface area contributed by atoms with Gasteiger partial charge in [0.2, 0.25) is 0 Å². The Kier molecular flexibility index (Phi) is 4.54. The van der Waals surface area contributed by atoms with Gasteiger partial charge in [0.1, 0.15) is 5.82 Å². The van der Waals surface area contributed by atoms with Crippen LogP contribution in [0.2, 0.25) is 0 Å². The van der Waals surface area contributed by atoms with Crippen molar-refractivity contribution in [3.05, 3.63) is 18.2 Å². The number of rotatable bonds is 5. The highest BCUT2D eigenvalue weighted by molar-refractivity contribution is 5.85. The van der Waals surface area contributed by atoms with E-state index >= 15 is 0 Å². The van der Waals surface area contributed by atoms with E-state index in [2.05, 4.69) is 39.9 Å². The van der Waals surface area contributed by atoms with Gasteiger partial charge >= 0.3 is 0 Å². The summed E-state index contributed by atoms with van der Waals surface area (Å²) in [6.07, 6.45) is 9.59. The van der Waals surface area contributed by atoms with Crippen LogP contribution >= 0.6 is 12.4 Å². The molecule has 1 spiro atoms. The van der Waals surface area contributed by atoms with Crippen LogP contribution in [-0.4, -0.2) is 40.1 Å². The summed E-state index contributed by atoms with van der Waals surface area (Å²) in [5.74, 6) is 3.10. The van der Waals surface area contributed by atoms with Crippen molar-refractivity contribution in [3.8, 4) is 0 Å². The number of hydrogen-bond acceptors (Lipinski definition) is 3. The van der Waals surface area contributed by atoms with E-state index in [0.29, 0.717) is 5.41 Å². The number of aromatic nitrogens is 2. The van der Waals surface area contributed by atoms with Gasteiger partial charge in [-0.1, -0.05) is 6.92 Å². The van der Waals surface area contributed by atoms with Gasteiger partial charge in [0.15, 0.2) is 0 Å². The quantitative estimate of drug-likeness (QED) is 0.903. The van der Waals surface area contributed by atoms with E-state index in [1.54, 1.807) is 0 Å². The van der Waals surface area contributed by atoms with Gasteiger partial charge in [0.25, 0.3) is 0 Å². The molecule has 0 radical (unpaired) electrons. The van der Waals surface area contributed by atoms with Gasteiger partial charge in [-0.3, -0.25) is 4.90 Å². The molecule has 2 aliphatic carbocycles. The molecule has 1 aromatic rings. The zero-order valence-electron chi connectivity index (χ0n) is 13.8. The van der Waals surface area contributed by atoms with Crippen LogP contribution in [0, 0.1) is 17.3 Å². The fourth-order valence-corrected chi connectivity index (χ4v) is 4.29. The van der Waals surface area contributed by atoms with Gasteiger partial charge < -0.3 is 9.88 Å². The Hall–Kier alpha value is -0.580. The SMILES string of the molecule is CC1CC1CN(Cc1nccn1C)C1CC12CCNCC2.Cl. The largest absolute Gasteiger partial charge is 0.337 e. The molecule has 1 N–H and O–H groups in total. The lowest BCUT2D eigenvalue weighted by Gasteiger charge is -2.29. The molecule has 5 heteroatoms. The molecule has 0 amide bonds. The molecule has 0 aromatic carbocycles. The molecule has 124 valence electrons. The van der Waals surface area contributed by atoms with Gasteiger partial charge in [0, 0.05) is 32.0 Å². The lowest BCUT2D eigenvalue weighted by Crippen LogP contribution is -2.37. The normalized spacial score (nSPS) is 32.0. The maximum Gasteiger partial charge on any atom is 0.122 e. The Morgan fingerprint density at radius 3 is 2.73 bits per heavy atom. The van der Waals surface area contributed by atoms with Crippen LogP contribution < -0.4 is 5.32 Å². The maximum atomic E-state index is 4.55. The molecule has 4 rings (SSSR count). The second kappa shape index (κ2) is 6.14. The highest BCUT2D eigenvalue weighted by Crippen LogP contribution is 2.56. The minimum Gasteiger partial charge on any atom is -0.337 e. The van der Waals surface area contributed by atoms with Crippen LogP contribution in [-0.2, 0) is 13.6 Å². The minimum absolute atomic E-state index is 0. The lowest BCUT2D eigenvalue weighted by atomic mass is 9.93. The Morgan fingerprint density at radius 1 is 1.41 bits per heavy atom. The highest BCUT2D eigenvalue weighted by Gasteiger charge is 2.57.